The third-order valence-electron chi connectivity index (χ3n) is 2.97. The third kappa shape index (κ3) is 12.4. The molecule has 0 spiro atoms. The molecule has 0 heterocycles. The van der Waals surface area contributed by atoms with Gasteiger partial charge in [-0.3, -0.25) is 9.59 Å². The van der Waals surface area contributed by atoms with Crippen molar-refractivity contribution in [3.63, 3.8) is 0 Å². The van der Waals surface area contributed by atoms with Crippen LogP contribution in [0.15, 0.2) is 23.5 Å². The molecular formula is C18H31NO5. The number of hydrogen-bond donors (Lipinski definition) is 2. The van der Waals surface area contributed by atoms with Gasteiger partial charge in [0.2, 0.25) is 0 Å². The Morgan fingerprint density at radius 1 is 1.29 bits per heavy atom. The summed E-state index contributed by atoms with van der Waals surface area (Å²) in [5, 5.41) is 11.3. The van der Waals surface area contributed by atoms with E-state index < -0.39 is 5.97 Å². The highest BCUT2D eigenvalue weighted by Gasteiger charge is 2.16. The van der Waals surface area contributed by atoms with Gasteiger partial charge in [0.15, 0.2) is 0 Å². The Kier molecular flexibility index (Phi) is 17.4. The van der Waals surface area contributed by atoms with E-state index in [9.17, 15) is 9.59 Å². The minimum atomic E-state index is -0.770. The first-order valence-corrected chi connectivity index (χ1v) is 8.40. The molecule has 1 aliphatic rings. The summed E-state index contributed by atoms with van der Waals surface area (Å²) < 4.78 is 5.16. The lowest BCUT2D eigenvalue weighted by Crippen LogP contribution is -2.27. The molecule has 0 atom stereocenters. The van der Waals surface area contributed by atoms with Crippen LogP contribution in [0.1, 0.15) is 59.3 Å². The zero-order valence-electron chi connectivity index (χ0n) is 15.3. The molecule has 138 valence electrons. The summed E-state index contributed by atoms with van der Waals surface area (Å²) in [7, 11) is 1.56. The first kappa shape index (κ1) is 24.1. The van der Waals surface area contributed by atoms with Crippen molar-refractivity contribution < 1.29 is 24.2 Å². The van der Waals surface area contributed by atoms with Crippen molar-refractivity contribution in [1.29, 1.82) is 0 Å². The Morgan fingerprint density at radius 2 is 1.92 bits per heavy atom. The number of carbonyl (C=O) groups is 3. The number of methoxy groups -OCH3 is 1. The van der Waals surface area contributed by atoms with E-state index in [2.05, 4.69) is 5.32 Å². The molecule has 0 aromatic rings. The van der Waals surface area contributed by atoms with Crippen molar-refractivity contribution in [2.45, 2.75) is 59.3 Å². The maximum Gasteiger partial charge on any atom is 0.303 e. The predicted molar refractivity (Wildman–Crippen MR) is 94.6 cm³/mol. The van der Waals surface area contributed by atoms with Crippen LogP contribution in [0.3, 0.4) is 0 Å². The number of amides is 1. The normalized spacial score (nSPS) is 12.2. The van der Waals surface area contributed by atoms with Crippen molar-refractivity contribution in [3.8, 4) is 0 Å². The van der Waals surface area contributed by atoms with E-state index in [0.29, 0.717) is 30.7 Å². The molecule has 0 saturated carbocycles. The maximum absolute atomic E-state index is 11.9. The zero-order chi connectivity index (χ0) is 18.8. The molecule has 0 aliphatic heterocycles. The van der Waals surface area contributed by atoms with Gasteiger partial charge in [0.1, 0.15) is 12.0 Å². The molecule has 6 nitrogen and oxygen atoms in total. The van der Waals surface area contributed by atoms with Gasteiger partial charge >= 0.3 is 5.97 Å². The summed E-state index contributed by atoms with van der Waals surface area (Å²) in [6, 6.07) is 0. The van der Waals surface area contributed by atoms with Gasteiger partial charge in [0, 0.05) is 13.0 Å². The fourth-order valence-electron chi connectivity index (χ4n) is 1.95. The smallest absolute Gasteiger partial charge is 0.303 e. The molecular weight excluding hydrogens is 310 g/mol. The largest absolute Gasteiger partial charge is 0.496 e. The van der Waals surface area contributed by atoms with Gasteiger partial charge in [-0.1, -0.05) is 26.3 Å². The fraction of sp³-hybridized carbons (Fsp3) is 0.611. The fourth-order valence-corrected chi connectivity index (χ4v) is 1.95. The van der Waals surface area contributed by atoms with Crippen molar-refractivity contribution in [2.75, 3.05) is 13.7 Å². The number of carboxylic acid groups (broad SMARTS) is 1. The van der Waals surface area contributed by atoms with Gasteiger partial charge in [-0.2, -0.15) is 0 Å². The Balaban J connectivity index is 0. The van der Waals surface area contributed by atoms with E-state index in [1.54, 1.807) is 7.11 Å². The molecule has 0 unspecified atom stereocenters. The van der Waals surface area contributed by atoms with Crippen LogP contribution in [0.4, 0.5) is 0 Å². The third-order valence-corrected chi connectivity index (χ3v) is 2.97. The zero-order valence-corrected chi connectivity index (χ0v) is 15.3. The van der Waals surface area contributed by atoms with Crippen molar-refractivity contribution in [2.24, 2.45) is 0 Å². The molecule has 6 heteroatoms. The number of rotatable bonds is 8. The number of unbranched alkanes of at least 4 members (excludes halogenated alkanes) is 2. The summed E-state index contributed by atoms with van der Waals surface area (Å²) in [5.41, 5.74) is 0.690. The first-order chi connectivity index (χ1) is 11.6. The van der Waals surface area contributed by atoms with Gasteiger partial charge in [-0.05, 0) is 38.7 Å². The van der Waals surface area contributed by atoms with Gasteiger partial charge in [-0.15, -0.1) is 0 Å². The Morgan fingerprint density at radius 3 is 2.46 bits per heavy atom. The molecule has 2 N–H and O–H groups in total. The number of allylic oxidation sites excluding steroid dienone is 2. The lowest BCUT2D eigenvalue weighted by atomic mass is 10.0. The number of hydrogen-bond acceptors (Lipinski definition) is 4. The number of nitrogens with one attached hydrogen (secondary N) is 1. The molecule has 0 aromatic carbocycles. The van der Waals surface area contributed by atoms with Crippen LogP contribution in [-0.2, 0) is 19.1 Å². The molecule has 0 saturated heterocycles. The van der Waals surface area contributed by atoms with Gasteiger partial charge in [0.05, 0.1) is 12.7 Å². The number of carbonyl (C=O) groups excluding carboxylic acids is 2. The second-order valence-corrected chi connectivity index (χ2v) is 4.68. The predicted octanol–water partition coefficient (Wildman–Crippen LogP) is 3.23. The molecule has 24 heavy (non-hydrogen) atoms. The molecule has 0 bridgehead atoms. The molecule has 1 amide bonds. The summed E-state index contributed by atoms with van der Waals surface area (Å²) in [6.07, 6.45) is 8.57. The van der Waals surface area contributed by atoms with Gasteiger partial charge in [0.25, 0.3) is 5.91 Å². The van der Waals surface area contributed by atoms with Crippen LogP contribution in [0, 0.1) is 0 Å². The summed E-state index contributed by atoms with van der Waals surface area (Å²) in [4.78, 5) is 31.1. The van der Waals surface area contributed by atoms with E-state index in [1.165, 1.54) is 6.92 Å². The average molecular weight is 341 g/mol. The second kappa shape index (κ2) is 17.2. The topological polar surface area (TPSA) is 92.7 Å². The highest BCUT2D eigenvalue weighted by Crippen LogP contribution is 2.19. The maximum atomic E-state index is 11.9. The molecule has 1 aliphatic carbocycles. The molecule has 0 fully saturated rings. The summed E-state index contributed by atoms with van der Waals surface area (Å²) in [6.45, 7) is 6.02. The van der Waals surface area contributed by atoms with Crippen molar-refractivity contribution in [1.82, 2.24) is 5.32 Å². The van der Waals surface area contributed by atoms with Crippen LogP contribution in [0.5, 0.6) is 0 Å². The monoisotopic (exact) mass is 341 g/mol. The van der Waals surface area contributed by atoms with E-state index in [4.69, 9.17) is 14.6 Å². The van der Waals surface area contributed by atoms with Crippen LogP contribution in [0.25, 0.3) is 0 Å². The molecule has 0 radical (unpaired) electrons. The number of carboxylic acids is 1. The number of ether oxygens (including phenoxy) is 1. The van der Waals surface area contributed by atoms with Crippen molar-refractivity contribution in [3.05, 3.63) is 23.5 Å². The summed E-state index contributed by atoms with van der Waals surface area (Å²) >= 11 is 0. The summed E-state index contributed by atoms with van der Waals surface area (Å²) in [5.74, 6) is -0.220. The first-order valence-electron chi connectivity index (χ1n) is 8.40. The molecule has 0 aromatic heterocycles. The highest BCUT2D eigenvalue weighted by molar-refractivity contribution is 5.94. The van der Waals surface area contributed by atoms with E-state index >= 15 is 0 Å². The van der Waals surface area contributed by atoms with Gasteiger partial charge < -0.3 is 20.0 Å². The number of aldehydes is 1. The van der Waals surface area contributed by atoms with Crippen LogP contribution in [-0.4, -0.2) is 36.9 Å². The number of aliphatic carboxylic acids is 1. The Labute approximate surface area is 145 Å². The van der Waals surface area contributed by atoms with Crippen LogP contribution >= 0.6 is 0 Å². The van der Waals surface area contributed by atoms with Gasteiger partial charge in [-0.25, -0.2) is 0 Å². The van der Waals surface area contributed by atoms with Crippen molar-refractivity contribution >= 4 is 18.2 Å². The van der Waals surface area contributed by atoms with Crippen LogP contribution < -0.4 is 5.32 Å². The highest BCUT2D eigenvalue weighted by atomic mass is 16.5. The SMILES string of the molecule is CC.CC=O.COC1=C(C(=O)NCCCCCC(=O)O)CCC=C1. The van der Waals surface area contributed by atoms with Crippen LogP contribution in [0.2, 0.25) is 0 Å². The molecule has 1 rings (SSSR count). The van der Waals surface area contributed by atoms with E-state index in [1.807, 2.05) is 26.0 Å². The Hall–Kier alpha value is -2.11. The Bertz CT molecular complexity index is 427. The standard InChI is InChI=1S/C14H21NO4.C2H4O.C2H6/c1-19-12-8-5-4-7-11(12)14(18)15-10-6-2-3-9-13(16)17;1-2-3;1-2/h5,8H,2-4,6-7,9-10H2,1H3,(H,15,18)(H,16,17);2H,1H3;1-2H3. The van der Waals surface area contributed by atoms with E-state index in [0.717, 1.165) is 25.5 Å². The lowest BCUT2D eigenvalue weighted by Gasteiger charge is -2.14. The van der Waals surface area contributed by atoms with E-state index in [-0.39, 0.29) is 12.3 Å². The minimum Gasteiger partial charge on any atom is -0.496 e. The second-order valence-electron chi connectivity index (χ2n) is 4.68. The minimum absolute atomic E-state index is 0.0839. The average Bonchev–Trinajstić information content (AvgIpc) is 2.60. The quantitative estimate of drug-likeness (QED) is 0.522. The lowest BCUT2D eigenvalue weighted by molar-refractivity contribution is -0.137.